The molecule has 0 aliphatic heterocycles. The lowest BCUT2D eigenvalue weighted by molar-refractivity contribution is 0.0683. The third-order valence-corrected chi connectivity index (χ3v) is 6.35. The van der Waals surface area contributed by atoms with E-state index in [1.165, 1.54) is 0 Å². The quantitative estimate of drug-likeness (QED) is 0.331. The summed E-state index contributed by atoms with van der Waals surface area (Å²) in [5.41, 5.74) is 6.60. The zero-order chi connectivity index (χ0) is 25.3. The van der Waals surface area contributed by atoms with Crippen LogP contribution < -0.4 is 9.47 Å². The van der Waals surface area contributed by atoms with Crippen molar-refractivity contribution in [2.45, 2.75) is 47.2 Å². The SMILES string of the molecule is COc1ccc(-n2c(CN(C(=O)c3c(C)cc(C)cc3C)C(C)C)nc3ccc(OC)cc32)cc1. The average Bonchev–Trinajstić information content (AvgIpc) is 3.18. The fraction of sp³-hybridized carbons (Fsp3) is 0.310. The van der Waals surface area contributed by atoms with E-state index in [-0.39, 0.29) is 11.9 Å². The van der Waals surface area contributed by atoms with Gasteiger partial charge in [-0.1, -0.05) is 17.7 Å². The number of rotatable bonds is 7. The molecular weight excluding hydrogens is 438 g/mol. The fourth-order valence-electron chi connectivity index (χ4n) is 4.66. The predicted molar refractivity (Wildman–Crippen MR) is 140 cm³/mol. The third kappa shape index (κ3) is 4.74. The molecule has 0 radical (unpaired) electrons. The van der Waals surface area contributed by atoms with Crippen molar-refractivity contribution in [1.29, 1.82) is 0 Å². The lowest BCUT2D eigenvalue weighted by Crippen LogP contribution is -2.38. The summed E-state index contributed by atoms with van der Waals surface area (Å²) in [6, 6.07) is 17.8. The third-order valence-electron chi connectivity index (χ3n) is 6.35. The van der Waals surface area contributed by atoms with E-state index >= 15 is 0 Å². The molecule has 4 rings (SSSR count). The van der Waals surface area contributed by atoms with Gasteiger partial charge in [0.15, 0.2) is 0 Å². The van der Waals surface area contributed by atoms with E-state index in [2.05, 4.69) is 23.6 Å². The molecule has 0 aliphatic carbocycles. The molecule has 0 bridgehead atoms. The summed E-state index contributed by atoms with van der Waals surface area (Å²) >= 11 is 0. The van der Waals surface area contributed by atoms with Crippen LogP contribution in [-0.4, -0.2) is 40.6 Å². The zero-order valence-electron chi connectivity index (χ0n) is 21.5. The minimum Gasteiger partial charge on any atom is -0.497 e. The van der Waals surface area contributed by atoms with Crippen LogP contribution in [0.3, 0.4) is 0 Å². The van der Waals surface area contributed by atoms with E-state index in [0.29, 0.717) is 6.54 Å². The first kappa shape index (κ1) is 24.3. The van der Waals surface area contributed by atoms with Gasteiger partial charge in [0, 0.05) is 23.4 Å². The first-order valence-electron chi connectivity index (χ1n) is 11.8. The molecule has 6 heteroatoms. The van der Waals surface area contributed by atoms with Crippen molar-refractivity contribution < 1.29 is 14.3 Å². The Hall–Kier alpha value is -3.80. The van der Waals surface area contributed by atoms with Gasteiger partial charge in [-0.15, -0.1) is 0 Å². The first-order valence-corrected chi connectivity index (χ1v) is 11.8. The van der Waals surface area contributed by atoms with E-state index in [0.717, 1.165) is 56.3 Å². The Balaban J connectivity index is 1.84. The second-order valence-electron chi connectivity index (χ2n) is 9.22. The number of amides is 1. The average molecular weight is 472 g/mol. The number of nitrogens with zero attached hydrogens (tertiary/aromatic N) is 3. The number of benzene rings is 3. The van der Waals surface area contributed by atoms with Crippen molar-refractivity contribution in [3.63, 3.8) is 0 Å². The van der Waals surface area contributed by atoms with Gasteiger partial charge in [-0.05, 0) is 82.1 Å². The van der Waals surface area contributed by atoms with Gasteiger partial charge in [0.2, 0.25) is 0 Å². The van der Waals surface area contributed by atoms with Crippen molar-refractivity contribution in [1.82, 2.24) is 14.5 Å². The molecule has 0 saturated heterocycles. The van der Waals surface area contributed by atoms with Crippen molar-refractivity contribution >= 4 is 16.9 Å². The van der Waals surface area contributed by atoms with E-state index in [9.17, 15) is 4.79 Å². The molecule has 0 saturated carbocycles. The second-order valence-corrected chi connectivity index (χ2v) is 9.22. The Morgan fingerprint density at radius 3 is 2.09 bits per heavy atom. The maximum Gasteiger partial charge on any atom is 0.255 e. The van der Waals surface area contributed by atoms with Gasteiger partial charge in [0.05, 0.1) is 31.8 Å². The number of methoxy groups -OCH3 is 2. The molecule has 0 fully saturated rings. The number of ether oxygens (including phenoxy) is 2. The number of hydrogen-bond acceptors (Lipinski definition) is 4. The van der Waals surface area contributed by atoms with E-state index < -0.39 is 0 Å². The molecule has 4 aromatic rings. The van der Waals surface area contributed by atoms with E-state index in [1.807, 2.05) is 75.1 Å². The monoisotopic (exact) mass is 471 g/mol. The Labute approximate surface area is 207 Å². The molecule has 1 heterocycles. The minimum atomic E-state index is -0.0127. The number of carbonyl (C=O) groups is 1. The van der Waals surface area contributed by atoms with Crippen molar-refractivity contribution in [3.8, 4) is 17.2 Å². The number of aryl methyl sites for hydroxylation is 3. The summed E-state index contributed by atoms with van der Waals surface area (Å²) in [5.74, 6) is 2.33. The standard InChI is InChI=1S/C29H33N3O3/c1-18(2)31(29(33)28-20(4)14-19(3)15-21(28)5)17-27-30-25-13-12-24(35-7)16-26(25)32(27)22-8-10-23(34-6)11-9-22/h8-16,18H,17H2,1-7H3. The Kier molecular flexibility index (Phi) is 6.83. The van der Waals surface area contributed by atoms with Gasteiger partial charge in [-0.2, -0.15) is 0 Å². The van der Waals surface area contributed by atoms with Crippen LogP contribution in [0.2, 0.25) is 0 Å². The summed E-state index contributed by atoms with van der Waals surface area (Å²) in [5, 5.41) is 0. The molecule has 6 nitrogen and oxygen atoms in total. The topological polar surface area (TPSA) is 56.6 Å². The van der Waals surface area contributed by atoms with E-state index in [1.54, 1.807) is 14.2 Å². The van der Waals surface area contributed by atoms with E-state index in [4.69, 9.17) is 14.5 Å². The summed E-state index contributed by atoms with van der Waals surface area (Å²) < 4.78 is 12.9. The molecule has 1 amide bonds. The van der Waals surface area contributed by atoms with Crippen LogP contribution >= 0.6 is 0 Å². The molecule has 0 atom stereocenters. The molecule has 0 spiro atoms. The number of carbonyl (C=O) groups excluding carboxylic acids is 1. The second kappa shape index (κ2) is 9.82. The Morgan fingerprint density at radius 1 is 0.914 bits per heavy atom. The highest BCUT2D eigenvalue weighted by Crippen LogP contribution is 2.28. The zero-order valence-corrected chi connectivity index (χ0v) is 21.5. The number of hydrogen-bond donors (Lipinski definition) is 0. The normalized spacial score (nSPS) is 11.2. The lowest BCUT2D eigenvalue weighted by Gasteiger charge is -2.28. The smallest absolute Gasteiger partial charge is 0.255 e. The number of imidazole rings is 1. The summed E-state index contributed by atoms with van der Waals surface area (Å²) in [4.78, 5) is 20.7. The van der Waals surface area contributed by atoms with Crippen LogP contribution in [0.25, 0.3) is 16.7 Å². The Morgan fingerprint density at radius 2 is 1.51 bits per heavy atom. The largest absolute Gasteiger partial charge is 0.497 e. The lowest BCUT2D eigenvalue weighted by atomic mass is 9.98. The summed E-state index contributed by atoms with van der Waals surface area (Å²) in [6.07, 6.45) is 0. The highest BCUT2D eigenvalue weighted by atomic mass is 16.5. The first-order chi connectivity index (χ1) is 16.7. The number of fused-ring (bicyclic) bond motifs is 1. The highest BCUT2D eigenvalue weighted by molar-refractivity contribution is 5.97. The van der Waals surface area contributed by atoms with Crippen molar-refractivity contribution in [3.05, 3.63) is 82.7 Å². The maximum absolute atomic E-state index is 13.8. The highest BCUT2D eigenvalue weighted by Gasteiger charge is 2.25. The van der Waals surface area contributed by atoms with Crippen LogP contribution in [-0.2, 0) is 6.54 Å². The van der Waals surface area contributed by atoms with Gasteiger partial charge in [0.1, 0.15) is 17.3 Å². The predicted octanol–water partition coefficient (Wildman–Crippen LogP) is 6.02. The molecular formula is C29H33N3O3. The molecule has 0 aliphatic rings. The maximum atomic E-state index is 13.8. The molecule has 0 N–H and O–H groups in total. The van der Waals surface area contributed by atoms with Crippen molar-refractivity contribution in [2.75, 3.05) is 14.2 Å². The van der Waals surface area contributed by atoms with Gasteiger partial charge in [0.25, 0.3) is 5.91 Å². The molecule has 3 aromatic carbocycles. The molecule has 35 heavy (non-hydrogen) atoms. The van der Waals surface area contributed by atoms with Gasteiger partial charge in [-0.3, -0.25) is 9.36 Å². The number of aromatic nitrogens is 2. The van der Waals surface area contributed by atoms with Crippen LogP contribution in [0.5, 0.6) is 11.5 Å². The molecule has 182 valence electrons. The minimum absolute atomic E-state index is 0.0127. The molecule has 1 aromatic heterocycles. The van der Waals surface area contributed by atoms with Crippen LogP contribution in [0.4, 0.5) is 0 Å². The van der Waals surface area contributed by atoms with Crippen LogP contribution in [0.15, 0.2) is 54.6 Å². The van der Waals surface area contributed by atoms with Gasteiger partial charge < -0.3 is 14.4 Å². The van der Waals surface area contributed by atoms with Crippen molar-refractivity contribution in [2.24, 2.45) is 0 Å². The van der Waals surface area contributed by atoms with Crippen LogP contribution in [0.1, 0.15) is 46.7 Å². The molecule has 0 unspecified atom stereocenters. The fourth-order valence-corrected chi connectivity index (χ4v) is 4.66. The summed E-state index contributed by atoms with van der Waals surface area (Å²) in [6.45, 7) is 10.5. The summed E-state index contributed by atoms with van der Waals surface area (Å²) in [7, 11) is 3.31. The van der Waals surface area contributed by atoms with Crippen LogP contribution in [0, 0.1) is 20.8 Å². The van der Waals surface area contributed by atoms with Gasteiger partial charge >= 0.3 is 0 Å². The Bertz CT molecular complexity index is 1350. The van der Waals surface area contributed by atoms with Gasteiger partial charge in [-0.25, -0.2) is 4.98 Å².